The maximum Gasteiger partial charge on any atom is 0.237 e. The lowest BCUT2D eigenvalue weighted by atomic mass is 9.86. The van der Waals surface area contributed by atoms with Gasteiger partial charge in [-0.1, -0.05) is 6.92 Å². The van der Waals surface area contributed by atoms with E-state index in [2.05, 4.69) is 26.8 Å². The Bertz CT molecular complexity index is 562. The topological polar surface area (TPSA) is 54.3 Å². The minimum atomic E-state index is 0.368. The summed E-state index contributed by atoms with van der Waals surface area (Å²) in [5.41, 5.74) is 0. The average molecular weight is 345 g/mol. The molecule has 3 fully saturated rings. The Morgan fingerprint density at radius 1 is 1.12 bits per heavy atom. The molecule has 0 radical (unpaired) electrons. The first-order valence-corrected chi connectivity index (χ1v) is 10.1. The van der Waals surface area contributed by atoms with Crippen molar-refractivity contribution < 1.29 is 4.79 Å². The van der Waals surface area contributed by atoms with Gasteiger partial charge in [0, 0.05) is 18.1 Å². The normalized spacial score (nSPS) is 30.5. The molecular formula is C19H31N5O. The van der Waals surface area contributed by atoms with E-state index in [1.165, 1.54) is 44.9 Å². The van der Waals surface area contributed by atoms with E-state index in [1.54, 1.807) is 12.7 Å². The van der Waals surface area contributed by atoms with E-state index < -0.39 is 0 Å². The van der Waals surface area contributed by atoms with Crippen molar-refractivity contribution in [1.82, 2.24) is 24.6 Å². The Kier molecular flexibility index (Phi) is 5.06. The molecule has 1 aromatic heterocycles. The minimum absolute atomic E-state index is 0.368. The Morgan fingerprint density at radius 3 is 2.48 bits per heavy atom. The zero-order valence-electron chi connectivity index (χ0n) is 15.4. The van der Waals surface area contributed by atoms with Crippen LogP contribution in [-0.4, -0.2) is 61.7 Å². The van der Waals surface area contributed by atoms with Gasteiger partial charge in [-0.15, -0.1) is 0 Å². The van der Waals surface area contributed by atoms with Gasteiger partial charge in [0.1, 0.15) is 12.7 Å². The third kappa shape index (κ3) is 4.05. The van der Waals surface area contributed by atoms with Gasteiger partial charge < -0.3 is 4.90 Å². The standard InChI is InChI=1S/C19H31N5O/c1-15-4-6-16(7-5-15)24(17-8-9-17)19(25)12-22-10-2-3-18(22)11-23-14-20-13-21-23/h13-18H,2-12H2,1H3/t15?,16?,18-/m0/s1. The van der Waals surface area contributed by atoms with Gasteiger partial charge in [-0.3, -0.25) is 14.4 Å². The summed E-state index contributed by atoms with van der Waals surface area (Å²) < 4.78 is 1.90. The molecule has 2 aliphatic carbocycles. The number of carbonyl (C=O) groups is 1. The van der Waals surface area contributed by atoms with Gasteiger partial charge in [0.25, 0.3) is 0 Å². The molecule has 0 unspecified atom stereocenters. The summed E-state index contributed by atoms with van der Waals surface area (Å²) in [6.07, 6.45) is 13.1. The second-order valence-corrected chi connectivity index (χ2v) is 8.33. The van der Waals surface area contributed by atoms with E-state index in [-0.39, 0.29) is 0 Å². The fourth-order valence-corrected chi connectivity index (χ4v) is 4.69. The molecule has 1 amide bonds. The van der Waals surface area contributed by atoms with Gasteiger partial charge in [-0.2, -0.15) is 5.10 Å². The number of hydrogen-bond acceptors (Lipinski definition) is 4. The van der Waals surface area contributed by atoms with Crippen molar-refractivity contribution in [3.05, 3.63) is 12.7 Å². The molecule has 1 aromatic rings. The molecule has 1 atom stereocenters. The van der Waals surface area contributed by atoms with Crippen molar-refractivity contribution in [2.24, 2.45) is 5.92 Å². The summed E-state index contributed by atoms with van der Waals surface area (Å²) in [5, 5.41) is 4.23. The second-order valence-electron chi connectivity index (χ2n) is 8.33. The van der Waals surface area contributed by atoms with E-state index >= 15 is 0 Å². The van der Waals surface area contributed by atoms with E-state index in [9.17, 15) is 4.79 Å². The van der Waals surface area contributed by atoms with E-state index in [0.29, 0.717) is 30.6 Å². The molecule has 0 bridgehead atoms. The number of carbonyl (C=O) groups excluding carboxylic acids is 1. The van der Waals surface area contributed by atoms with Crippen LogP contribution >= 0.6 is 0 Å². The van der Waals surface area contributed by atoms with Gasteiger partial charge in [0.2, 0.25) is 5.91 Å². The highest BCUT2D eigenvalue weighted by molar-refractivity contribution is 5.79. The summed E-state index contributed by atoms with van der Waals surface area (Å²) in [6, 6.07) is 1.44. The first-order valence-electron chi connectivity index (χ1n) is 10.1. The number of aromatic nitrogens is 3. The fourth-order valence-electron chi connectivity index (χ4n) is 4.69. The maximum absolute atomic E-state index is 13.2. The monoisotopic (exact) mass is 345 g/mol. The van der Waals surface area contributed by atoms with Crippen LogP contribution in [0.15, 0.2) is 12.7 Å². The Morgan fingerprint density at radius 2 is 1.84 bits per heavy atom. The quantitative estimate of drug-likeness (QED) is 0.794. The summed E-state index contributed by atoms with van der Waals surface area (Å²) in [6.45, 7) is 4.81. The van der Waals surface area contributed by atoms with Crippen molar-refractivity contribution >= 4 is 5.91 Å². The lowest BCUT2D eigenvalue weighted by molar-refractivity contribution is -0.136. The third-order valence-electron chi connectivity index (χ3n) is 6.31. The van der Waals surface area contributed by atoms with Crippen LogP contribution in [0.4, 0.5) is 0 Å². The highest BCUT2D eigenvalue weighted by Gasteiger charge is 2.39. The van der Waals surface area contributed by atoms with Crippen LogP contribution in [0.3, 0.4) is 0 Å². The Hall–Kier alpha value is -1.43. The zero-order chi connectivity index (χ0) is 17.2. The number of rotatable bonds is 6. The Labute approximate surface area is 150 Å². The molecular weight excluding hydrogens is 314 g/mol. The molecule has 2 heterocycles. The molecule has 2 saturated carbocycles. The van der Waals surface area contributed by atoms with Crippen LogP contribution in [0, 0.1) is 5.92 Å². The fraction of sp³-hybridized carbons (Fsp3) is 0.842. The summed E-state index contributed by atoms with van der Waals surface area (Å²) >= 11 is 0. The number of hydrogen-bond donors (Lipinski definition) is 0. The summed E-state index contributed by atoms with van der Waals surface area (Å²) in [5.74, 6) is 1.20. The van der Waals surface area contributed by atoms with Gasteiger partial charge in [-0.05, 0) is 63.8 Å². The smallest absolute Gasteiger partial charge is 0.237 e. The van der Waals surface area contributed by atoms with Crippen LogP contribution in [0.5, 0.6) is 0 Å². The summed E-state index contributed by atoms with van der Waals surface area (Å²) in [4.78, 5) is 21.9. The molecule has 1 aliphatic heterocycles. The van der Waals surface area contributed by atoms with Crippen molar-refractivity contribution in [2.45, 2.75) is 83.0 Å². The predicted octanol–water partition coefficient (Wildman–Crippen LogP) is 2.31. The molecule has 0 aromatic carbocycles. The van der Waals surface area contributed by atoms with Gasteiger partial charge >= 0.3 is 0 Å². The zero-order valence-corrected chi connectivity index (χ0v) is 15.4. The molecule has 138 valence electrons. The molecule has 3 aliphatic rings. The van der Waals surface area contributed by atoms with Crippen LogP contribution in [0.1, 0.15) is 58.3 Å². The largest absolute Gasteiger partial charge is 0.336 e. The average Bonchev–Trinajstić information content (AvgIpc) is 3.12. The van der Waals surface area contributed by atoms with Crippen LogP contribution < -0.4 is 0 Å². The highest BCUT2D eigenvalue weighted by Crippen LogP contribution is 2.35. The lowest BCUT2D eigenvalue weighted by Gasteiger charge is -2.38. The number of amides is 1. The second kappa shape index (κ2) is 7.44. The van der Waals surface area contributed by atoms with E-state index in [0.717, 1.165) is 25.4 Å². The Balaban J connectivity index is 1.37. The van der Waals surface area contributed by atoms with Crippen molar-refractivity contribution in [2.75, 3.05) is 13.1 Å². The summed E-state index contributed by atoms with van der Waals surface area (Å²) in [7, 11) is 0. The molecule has 4 rings (SSSR count). The van der Waals surface area contributed by atoms with Crippen molar-refractivity contribution in [3.8, 4) is 0 Å². The molecule has 0 spiro atoms. The third-order valence-corrected chi connectivity index (χ3v) is 6.31. The minimum Gasteiger partial charge on any atom is -0.336 e. The van der Waals surface area contributed by atoms with E-state index in [1.807, 2.05) is 4.68 Å². The van der Waals surface area contributed by atoms with Crippen LogP contribution in [-0.2, 0) is 11.3 Å². The number of nitrogens with zero attached hydrogens (tertiary/aromatic N) is 5. The first kappa shape index (κ1) is 17.0. The molecule has 6 heteroatoms. The van der Waals surface area contributed by atoms with E-state index in [4.69, 9.17) is 0 Å². The maximum atomic E-state index is 13.2. The highest BCUT2D eigenvalue weighted by atomic mass is 16.2. The molecule has 25 heavy (non-hydrogen) atoms. The van der Waals surface area contributed by atoms with Gasteiger partial charge in [0.05, 0.1) is 13.1 Å². The lowest BCUT2D eigenvalue weighted by Crippen LogP contribution is -2.49. The van der Waals surface area contributed by atoms with Crippen molar-refractivity contribution in [1.29, 1.82) is 0 Å². The SMILES string of the molecule is CC1CCC(N(C(=O)CN2CCC[C@H]2Cn2cncn2)C2CC2)CC1. The molecule has 0 N–H and O–H groups in total. The number of likely N-dealkylation sites (tertiary alicyclic amines) is 1. The van der Waals surface area contributed by atoms with Crippen molar-refractivity contribution in [3.63, 3.8) is 0 Å². The predicted molar refractivity (Wildman–Crippen MR) is 95.9 cm³/mol. The first-order chi connectivity index (χ1) is 12.2. The van der Waals surface area contributed by atoms with Crippen LogP contribution in [0.25, 0.3) is 0 Å². The molecule has 6 nitrogen and oxygen atoms in total. The van der Waals surface area contributed by atoms with Gasteiger partial charge in [0.15, 0.2) is 0 Å². The molecule has 1 saturated heterocycles. The van der Waals surface area contributed by atoms with Gasteiger partial charge in [-0.25, -0.2) is 4.98 Å². The van der Waals surface area contributed by atoms with Crippen LogP contribution in [0.2, 0.25) is 0 Å².